The van der Waals surface area contributed by atoms with Crippen LogP contribution >= 0.6 is 23.2 Å². The summed E-state index contributed by atoms with van der Waals surface area (Å²) in [4.78, 5) is -0.0103. The predicted octanol–water partition coefficient (Wildman–Crippen LogP) is 4.90. The number of halogens is 2. The van der Waals surface area contributed by atoms with Crippen molar-refractivity contribution in [2.45, 2.75) is 16.7 Å². The van der Waals surface area contributed by atoms with Crippen molar-refractivity contribution in [2.75, 3.05) is 9.44 Å². The average Bonchev–Trinajstić information content (AvgIpc) is 2.64. The molecule has 29 heavy (non-hydrogen) atoms. The van der Waals surface area contributed by atoms with E-state index in [4.69, 9.17) is 23.2 Å². The largest absolute Gasteiger partial charge is 0.277 e. The maximum atomic E-state index is 12.7. The third-order valence-electron chi connectivity index (χ3n) is 3.91. The Labute approximate surface area is 179 Å². The summed E-state index contributed by atoms with van der Waals surface area (Å²) in [5.41, 5.74) is 0.925. The molecule has 10 heteroatoms. The van der Waals surface area contributed by atoms with Gasteiger partial charge in [0, 0.05) is 10.0 Å². The molecule has 2 N–H and O–H groups in total. The number of hydrogen-bond acceptors (Lipinski definition) is 4. The Bertz CT molecular complexity index is 1240. The van der Waals surface area contributed by atoms with Crippen molar-refractivity contribution in [3.8, 4) is 0 Å². The number of nitrogens with one attached hydrogen (secondary N) is 2. The van der Waals surface area contributed by atoms with E-state index in [1.165, 1.54) is 60.7 Å². The molecule has 0 fully saturated rings. The van der Waals surface area contributed by atoms with Gasteiger partial charge in [-0.25, -0.2) is 16.8 Å². The lowest BCUT2D eigenvalue weighted by atomic mass is 10.2. The van der Waals surface area contributed by atoms with E-state index in [0.717, 1.165) is 5.56 Å². The molecule has 0 aliphatic carbocycles. The molecule has 0 radical (unpaired) electrons. The predicted molar refractivity (Wildman–Crippen MR) is 116 cm³/mol. The zero-order chi connectivity index (χ0) is 21.2. The molecule has 6 nitrogen and oxygen atoms in total. The minimum absolute atomic E-state index is 0.00471. The van der Waals surface area contributed by atoms with Gasteiger partial charge in [-0.05, 0) is 73.2 Å². The molecule has 0 aliphatic heterocycles. The monoisotopic (exact) mass is 470 g/mol. The standard InChI is InChI=1S/C19H16Cl2N2O4S2/c1-13-2-11-18(22-28(24,25)16-7-3-14(20)4-8-16)19(12-13)23-29(26,27)17-9-5-15(21)6-10-17/h2-12,22-23H,1H3. The first-order chi connectivity index (χ1) is 13.6. The van der Waals surface area contributed by atoms with Crippen LogP contribution in [0.1, 0.15) is 5.56 Å². The summed E-state index contributed by atoms with van der Waals surface area (Å²) in [5, 5.41) is 0.798. The fraction of sp³-hybridized carbons (Fsp3) is 0.0526. The van der Waals surface area contributed by atoms with Crippen LogP contribution in [0.5, 0.6) is 0 Å². The van der Waals surface area contributed by atoms with Crippen LogP contribution < -0.4 is 9.44 Å². The van der Waals surface area contributed by atoms with E-state index in [9.17, 15) is 16.8 Å². The van der Waals surface area contributed by atoms with Crippen molar-refractivity contribution in [3.05, 3.63) is 82.3 Å². The van der Waals surface area contributed by atoms with Gasteiger partial charge in [0.1, 0.15) is 0 Å². The Kier molecular flexibility index (Phi) is 6.09. The van der Waals surface area contributed by atoms with Gasteiger partial charge in [-0.15, -0.1) is 0 Å². The first-order valence-electron chi connectivity index (χ1n) is 8.24. The Hall–Kier alpha value is -2.26. The smallest absolute Gasteiger partial charge is 0.261 e. The van der Waals surface area contributed by atoms with Gasteiger partial charge in [-0.3, -0.25) is 9.44 Å². The lowest BCUT2D eigenvalue weighted by Gasteiger charge is -2.15. The summed E-state index contributed by atoms with van der Waals surface area (Å²) < 4.78 is 55.6. The Balaban J connectivity index is 1.96. The van der Waals surface area contributed by atoms with Gasteiger partial charge in [0.15, 0.2) is 0 Å². The van der Waals surface area contributed by atoms with Crippen molar-refractivity contribution in [1.29, 1.82) is 0 Å². The molecule has 0 amide bonds. The average molecular weight is 471 g/mol. The Morgan fingerprint density at radius 3 is 1.48 bits per heavy atom. The number of anilines is 2. The van der Waals surface area contributed by atoms with Crippen molar-refractivity contribution in [3.63, 3.8) is 0 Å². The Morgan fingerprint density at radius 1 is 0.621 bits per heavy atom. The fourth-order valence-electron chi connectivity index (χ4n) is 2.47. The van der Waals surface area contributed by atoms with Crippen molar-refractivity contribution < 1.29 is 16.8 Å². The summed E-state index contributed by atoms with van der Waals surface area (Å²) in [5.74, 6) is 0. The van der Waals surface area contributed by atoms with Gasteiger partial charge in [-0.2, -0.15) is 0 Å². The molecule has 0 atom stereocenters. The van der Waals surface area contributed by atoms with Crippen LogP contribution in [-0.2, 0) is 20.0 Å². The van der Waals surface area contributed by atoms with E-state index in [0.29, 0.717) is 10.0 Å². The summed E-state index contributed by atoms with van der Waals surface area (Å²) in [6.45, 7) is 1.76. The molecule has 0 saturated carbocycles. The maximum absolute atomic E-state index is 12.7. The molecular weight excluding hydrogens is 455 g/mol. The second-order valence-electron chi connectivity index (χ2n) is 6.17. The van der Waals surface area contributed by atoms with Crippen LogP contribution in [0.15, 0.2) is 76.5 Å². The van der Waals surface area contributed by atoms with Gasteiger partial charge in [0.2, 0.25) is 0 Å². The van der Waals surface area contributed by atoms with E-state index >= 15 is 0 Å². The minimum atomic E-state index is -3.96. The van der Waals surface area contributed by atoms with Crippen LogP contribution in [0.4, 0.5) is 11.4 Å². The number of aryl methyl sites for hydroxylation is 1. The second-order valence-corrected chi connectivity index (χ2v) is 10.4. The molecule has 0 aliphatic rings. The third-order valence-corrected chi connectivity index (χ3v) is 7.18. The van der Waals surface area contributed by atoms with Crippen molar-refractivity contribution in [1.82, 2.24) is 0 Å². The first kappa shape index (κ1) is 21.4. The number of sulfonamides is 2. The molecule has 0 saturated heterocycles. The van der Waals surface area contributed by atoms with Crippen molar-refractivity contribution in [2.24, 2.45) is 0 Å². The molecule has 0 unspecified atom stereocenters. The molecule has 3 aromatic carbocycles. The highest BCUT2D eigenvalue weighted by Gasteiger charge is 2.20. The third kappa shape index (κ3) is 5.22. The molecule has 0 spiro atoms. The number of rotatable bonds is 6. The zero-order valence-corrected chi connectivity index (χ0v) is 18.2. The van der Waals surface area contributed by atoms with E-state index < -0.39 is 20.0 Å². The molecule has 0 aromatic heterocycles. The number of hydrogen-bond donors (Lipinski definition) is 2. The lowest BCUT2D eigenvalue weighted by molar-refractivity contribution is 0.599. The van der Waals surface area contributed by atoms with E-state index in [1.807, 2.05) is 0 Å². The van der Waals surface area contributed by atoms with Gasteiger partial charge >= 0.3 is 0 Å². The summed E-state index contributed by atoms with van der Waals surface area (Å²) in [6.07, 6.45) is 0. The van der Waals surface area contributed by atoms with Crippen LogP contribution in [0, 0.1) is 6.92 Å². The van der Waals surface area contributed by atoms with Gasteiger partial charge in [0.25, 0.3) is 20.0 Å². The number of benzene rings is 3. The second kappa shape index (κ2) is 8.23. The first-order valence-corrected chi connectivity index (χ1v) is 12.0. The topological polar surface area (TPSA) is 92.3 Å². The quantitative estimate of drug-likeness (QED) is 0.535. The molecule has 3 aromatic rings. The summed E-state index contributed by atoms with van der Waals surface area (Å²) in [7, 11) is -7.91. The van der Waals surface area contributed by atoms with Crippen molar-refractivity contribution >= 4 is 54.6 Å². The van der Waals surface area contributed by atoms with E-state index in [1.54, 1.807) is 13.0 Å². The maximum Gasteiger partial charge on any atom is 0.261 e. The van der Waals surface area contributed by atoms with Crippen LogP contribution in [0.25, 0.3) is 0 Å². The lowest BCUT2D eigenvalue weighted by Crippen LogP contribution is -2.17. The Morgan fingerprint density at radius 2 is 1.03 bits per heavy atom. The molecule has 3 rings (SSSR count). The molecular formula is C19H16Cl2N2O4S2. The van der Waals surface area contributed by atoms with Crippen LogP contribution in [0.3, 0.4) is 0 Å². The summed E-state index contributed by atoms with van der Waals surface area (Å²) >= 11 is 11.6. The molecule has 0 bridgehead atoms. The molecule has 152 valence electrons. The van der Waals surface area contributed by atoms with Gasteiger partial charge in [0.05, 0.1) is 21.2 Å². The SMILES string of the molecule is Cc1ccc(NS(=O)(=O)c2ccc(Cl)cc2)c(NS(=O)(=O)c2ccc(Cl)cc2)c1. The normalized spacial score (nSPS) is 11.8. The highest BCUT2D eigenvalue weighted by Crippen LogP contribution is 2.29. The van der Waals surface area contributed by atoms with Gasteiger partial charge < -0.3 is 0 Å². The minimum Gasteiger partial charge on any atom is -0.277 e. The van der Waals surface area contributed by atoms with Crippen LogP contribution in [-0.4, -0.2) is 16.8 Å². The highest BCUT2D eigenvalue weighted by molar-refractivity contribution is 7.93. The summed E-state index contributed by atoms with van der Waals surface area (Å²) in [6, 6.07) is 15.9. The fourth-order valence-corrected chi connectivity index (χ4v) is 4.87. The van der Waals surface area contributed by atoms with E-state index in [2.05, 4.69) is 9.44 Å². The molecule has 0 heterocycles. The van der Waals surface area contributed by atoms with Gasteiger partial charge in [-0.1, -0.05) is 29.3 Å². The zero-order valence-electron chi connectivity index (χ0n) is 15.1. The highest BCUT2D eigenvalue weighted by atomic mass is 35.5. The van der Waals surface area contributed by atoms with E-state index in [-0.39, 0.29) is 21.2 Å². The van der Waals surface area contributed by atoms with Crippen LogP contribution in [0.2, 0.25) is 10.0 Å².